The number of aliphatic hydroxyl groups is 1. The number of β-amino-alcohol motifs (C(OH)–C–C–N with tert-alkyl or cyclic N) is 1. The number of Topliss-reactive ketones (excluding diaryl/α,β-unsaturated/α-hetero) is 1. The van der Waals surface area contributed by atoms with Crippen LogP contribution in [0.1, 0.15) is 16.8 Å². The lowest BCUT2D eigenvalue weighted by Crippen LogP contribution is -2.47. The van der Waals surface area contributed by atoms with Crippen molar-refractivity contribution in [3.8, 4) is 0 Å². The molecule has 1 aliphatic rings. The molecule has 0 aliphatic carbocycles. The standard InChI is InChI=1S/C15H23N3O2/c16-14-3-1-13(2-4-14)15(20)5-6-17-7-9-18(10-8-17)11-12-19/h1-4,19H,5-12,16H2. The Hall–Kier alpha value is -1.43. The Balaban J connectivity index is 1.73. The number of carbonyl (C=O) groups excluding carboxylic acids is 1. The van der Waals surface area contributed by atoms with Crippen LogP contribution in [-0.4, -0.2) is 66.6 Å². The smallest absolute Gasteiger partial charge is 0.164 e. The zero-order chi connectivity index (χ0) is 14.4. The van der Waals surface area contributed by atoms with Gasteiger partial charge in [0, 0.05) is 56.9 Å². The number of carbonyl (C=O) groups is 1. The minimum absolute atomic E-state index is 0.169. The lowest BCUT2D eigenvalue weighted by molar-refractivity contribution is 0.0907. The van der Waals surface area contributed by atoms with Gasteiger partial charge in [-0.3, -0.25) is 9.69 Å². The largest absolute Gasteiger partial charge is 0.399 e. The van der Waals surface area contributed by atoms with Gasteiger partial charge in [0.15, 0.2) is 5.78 Å². The van der Waals surface area contributed by atoms with Gasteiger partial charge in [-0.25, -0.2) is 0 Å². The van der Waals surface area contributed by atoms with Crippen molar-refractivity contribution in [2.45, 2.75) is 6.42 Å². The average Bonchev–Trinajstić information content (AvgIpc) is 2.47. The van der Waals surface area contributed by atoms with E-state index in [4.69, 9.17) is 10.8 Å². The van der Waals surface area contributed by atoms with Crippen LogP contribution in [0.25, 0.3) is 0 Å². The number of aliphatic hydroxyl groups excluding tert-OH is 1. The van der Waals surface area contributed by atoms with Crippen molar-refractivity contribution >= 4 is 11.5 Å². The monoisotopic (exact) mass is 277 g/mol. The molecular weight excluding hydrogens is 254 g/mol. The maximum absolute atomic E-state index is 12.1. The number of piperazine rings is 1. The molecule has 110 valence electrons. The maximum Gasteiger partial charge on any atom is 0.164 e. The predicted octanol–water partition coefficient (Wildman–Crippen LogP) is 0.452. The van der Waals surface area contributed by atoms with E-state index in [1.54, 1.807) is 24.3 Å². The molecule has 3 N–H and O–H groups in total. The molecule has 1 aliphatic heterocycles. The minimum atomic E-state index is 0.169. The van der Waals surface area contributed by atoms with Crippen molar-refractivity contribution in [3.63, 3.8) is 0 Å². The van der Waals surface area contributed by atoms with Crippen LogP contribution in [0.15, 0.2) is 24.3 Å². The van der Waals surface area contributed by atoms with Crippen LogP contribution >= 0.6 is 0 Å². The molecule has 0 amide bonds. The van der Waals surface area contributed by atoms with Gasteiger partial charge in [0.25, 0.3) is 0 Å². The Morgan fingerprint density at radius 1 is 1.05 bits per heavy atom. The van der Waals surface area contributed by atoms with Gasteiger partial charge in [-0.05, 0) is 24.3 Å². The highest BCUT2D eigenvalue weighted by Crippen LogP contribution is 2.09. The number of rotatable bonds is 6. The number of ketones is 1. The number of nitrogen functional groups attached to an aromatic ring is 1. The van der Waals surface area contributed by atoms with E-state index in [0.29, 0.717) is 12.1 Å². The zero-order valence-corrected chi connectivity index (χ0v) is 11.8. The molecule has 0 spiro atoms. The molecule has 1 fully saturated rings. The summed E-state index contributed by atoms with van der Waals surface area (Å²) in [6, 6.07) is 7.11. The first-order chi connectivity index (χ1) is 9.69. The summed E-state index contributed by atoms with van der Waals surface area (Å²) in [6.45, 7) is 5.64. The van der Waals surface area contributed by atoms with E-state index in [9.17, 15) is 4.79 Å². The highest BCUT2D eigenvalue weighted by atomic mass is 16.3. The summed E-state index contributed by atoms with van der Waals surface area (Å²) in [5.74, 6) is 0.169. The Bertz CT molecular complexity index is 425. The molecule has 0 radical (unpaired) electrons. The quantitative estimate of drug-likeness (QED) is 0.584. The van der Waals surface area contributed by atoms with Crippen LogP contribution in [0.5, 0.6) is 0 Å². The molecule has 0 aromatic heterocycles. The lowest BCUT2D eigenvalue weighted by Gasteiger charge is -2.34. The topological polar surface area (TPSA) is 69.8 Å². The number of hydrogen-bond acceptors (Lipinski definition) is 5. The van der Waals surface area contributed by atoms with Crippen LogP contribution in [0.4, 0.5) is 5.69 Å². The molecule has 20 heavy (non-hydrogen) atoms. The second-order valence-corrected chi connectivity index (χ2v) is 5.20. The highest BCUT2D eigenvalue weighted by Gasteiger charge is 2.17. The number of benzene rings is 1. The molecule has 5 heteroatoms. The predicted molar refractivity (Wildman–Crippen MR) is 79.8 cm³/mol. The van der Waals surface area contributed by atoms with Crippen molar-refractivity contribution in [1.29, 1.82) is 0 Å². The summed E-state index contributed by atoms with van der Waals surface area (Å²) < 4.78 is 0. The fourth-order valence-corrected chi connectivity index (χ4v) is 2.45. The molecule has 0 bridgehead atoms. The fraction of sp³-hybridized carbons (Fsp3) is 0.533. The van der Waals surface area contributed by atoms with Gasteiger partial charge in [-0.15, -0.1) is 0 Å². The van der Waals surface area contributed by atoms with Gasteiger partial charge in [0.2, 0.25) is 0 Å². The molecule has 0 saturated carbocycles. The van der Waals surface area contributed by atoms with Gasteiger partial charge in [0.1, 0.15) is 0 Å². The highest BCUT2D eigenvalue weighted by molar-refractivity contribution is 5.96. The molecule has 1 saturated heterocycles. The van der Waals surface area contributed by atoms with E-state index in [-0.39, 0.29) is 12.4 Å². The Morgan fingerprint density at radius 3 is 2.15 bits per heavy atom. The normalized spacial score (nSPS) is 17.2. The maximum atomic E-state index is 12.1. The van der Waals surface area contributed by atoms with E-state index in [1.165, 1.54) is 0 Å². The second kappa shape index (κ2) is 7.38. The minimum Gasteiger partial charge on any atom is -0.399 e. The van der Waals surface area contributed by atoms with E-state index in [2.05, 4.69) is 9.80 Å². The Kier molecular flexibility index (Phi) is 5.52. The van der Waals surface area contributed by atoms with Crippen LogP contribution in [0.2, 0.25) is 0 Å². The summed E-state index contributed by atoms with van der Waals surface area (Å²) >= 11 is 0. The third kappa shape index (κ3) is 4.30. The molecule has 0 unspecified atom stereocenters. The molecule has 1 aromatic carbocycles. The van der Waals surface area contributed by atoms with Gasteiger partial charge >= 0.3 is 0 Å². The average molecular weight is 277 g/mol. The second-order valence-electron chi connectivity index (χ2n) is 5.20. The summed E-state index contributed by atoms with van der Waals surface area (Å²) in [5, 5.41) is 8.90. The van der Waals surface area contributed by atoms with Crippen molar-refractivity contribution in [2.24, 2.45) is 0 Å². The van der Waals surface area contributed by atoms with E-state index >= 15 is 0 Å². The first kappa shape index (κ1) is 15.0. The molecule has 0 atom stereocenters. The summed E-state index contributed by atoms with van der Waals surface area (Å²) in [7, 11) is 0. The van der Waals surface area contributed by atoms with Gasteiger partial charge in [-0.1, -0.05) is 0 Å². The van der Waals surface area contributed by atoms with Gasteiger partial charge < -0.3 is 15.7 Å². The first-order valence-corrected chi connectivity index (χ1v) is 7.13. The number of anilines is 1. The van der Waals surface area contributed by atoms with Crippen molar-refractivity contribution in [3.05, 3.63) is 29.8 Å². The van der Waals surface area contributed by atoms with Crippen LogP contribution in [0, 0.1) is 0 Å². The van der Waals surface area contributed by atoms with Crippen molar-refractivity contribution in [1.82, 2.24) is 9.80 Å². The van der Waals surface area contributed by atoms with Gasteiger partial charge in [-0.2, -0.15) is 0 Å². The number of nitrogens with zero attached hydrogens (tertiary/aromatic N) is 2. The van der Waals surface area contributed by atoms with Crippen LogP contribution in [-0.2, 0) is 0 Å². The third-order valence-corrected chi connectivity index (χ3v) is 3.77. The fourth-order valence-electron chi connectivity index (χ4n) is 2.45. The van der Waals surface area contributed by atoms with Crippen LogP contribution < -0.4 is 5.73 Å². The Morgan fingerprint density at radius 2 is 1.60 bits per heavy atom. The molecule has 5 nitrogen and oxygen atoms in total. The zero-order valence-electron chi connectivity index (χ0n) is 11.8. The summed E-state index contributed by atoms with van der Waals surface area (Å²) in [4.78, 5) is 16.6. The van der Waals surface area contributed by atoms with Crippen molar-refractivity contribution in [2.75, 3.05) is 51.6 Å². The Labute approximate surface area is 120 Å². The van der Waals surface area contributed by atoms with E-state index in [0.717, 1.165) is 44.8 Å². The summed E-state index contributed by atoms with van der Waals surface area (Å²) in [5.41, 5.74) is 7.03. The molecular formula is C15H23N3O2. The first-order valence-electron chi connectivity index (χ1n) is 7.13. The molecule has 1 heterocycles. The third-order valence-electron chi connectivity index (χ3n) is 3.77. The SMILES string of the molecule is Nc1ccc(C(=O)CCN2CCN(CCO)CC2)cc1. The molecule has 1 aromatic rings. The number of hydrogen-bond donors (Lipinski definition) is 2. The van der Waals surface area contributed by atoms with E-state index < -0.39 is 0 Å². The molecule has 2 rings (SSSR count). The van der Waals surface area contributed by atoms with Gasteiger partial charge in [0.05, 0.1) is 6.61 Å². The summed E-state index contributed by atoms with van der Waals surface area (Å²) in [6.07, 6.45) is 0.546. The lowest BCUT2D eigenvalue weighted by atomic mass is 10.1. The van der Waals surface area contributed by atoms with E-state index in [1.807, 2.05) is 0 Å². The van der Waals surface area contributed by atoms with Crippen molar-refractivity contribution < 1.29 is 9.90 Å². The van der Waals surface area contributed by atoms with Crippen LogP contribution in [0.3, 0.4) is 0 Å². The number of nitrogens with two attached hydrogens (primary N) is 1.